The van der Waals surface area contributed by atoms with Crippen LogP contribution in [0.4, 0.5) is 11.4 Å². The first-order chi connectivity index (χ1) is 13.5. The highest BCUT2D eigenvalue weighted by Crippen LogP contribution is 2.36. The molecule has 1 N–H and O–H groups in total. The molecule has 0 bridgehead atoms. The number of fused-ring (bicyclic) bond motifs is 1. The Balaban J connectivity index is 1.48. The minimum atomic E-state index is -0.388. The van der Waals surface area contributed by atoms with E-state index in [9.17, 15) is 9.59 Å². The molecule has 0 spiro atoms. The Labute approximate surface area is 164 Å². The van der Waals surface area contributed by atoms with E-state index >= 15 is 0 Å². The molecule has 0 aromatic heterocycles. The lowest BCUT2D eigenvalue weighted by Gasteiger charge is -2.22. The van der Waals surface area contributed by atoms with Crippen molar-refractivity contribution in [1.29, 1.82) is 0 Å². The van der Waals surface area contributed by atoms with Gasteiger partial charge in [-0.1, -0.05) is 32.0 Å². The van der Waals surface area contributed by atoms with Gasteiger partial charge in [-0.05, 0) is 29.7 Å². The molecule has 2 aromatic carbocycles. The molecule has 2 aliphatic rings. The molecule has 1 saturated heterocycles. The zero-order valence-corrected chi connectivity index (χ0v) is 16.1. The molecule has 6 nitrogen and oxygen atoms in total. The van der Waals surface area contributed by atoms with Gasteiger partial charge in [-0.25, -0.2) is 0 Å². The van der Waals surface area contributed by atoms with Gasteiger partial charge in [0, 0.05) is 30.4 Å². The zero-order chi connectivity index (χ0) is 19.7. The third-order valence-electron chi connectivity index (χ3n) is 5.17. The SMILES string of the molecule is CC(C)c1ccccc1NC(=O)[C@@H]1CC(=O)N(c2ccc3c(c2)OCCO3)C1. The Hall–Kier alpha value is -3.02. The first-order valence-corrected chi connectivity index (χ1v) is 9.62. The van der Waals surface area contributed by atoms with E-state index in [0.717, 1.165) is 16.9 Å². The highest BCUT2D eigenvalue weighted by Gasteiger charge is 2.35. The molecule has 1 atom stereocenters. The largest absolute Gasteiger partial charge is 0.486 e. The number of carbonyl (C=O) groups excluding carboxylic acids is 2. The topological polar surface area (TPSA) is 67.9 Å². The summed E-state index contributed by atoms with van der Waals surface area (Å²) < 4.78 is 11.1. The maximum atomic E-state index is 12.8. The van der Waals surface area contributed by atoms with Gasteiger partial charge < -0.3 is 19.7 Å². The van der Waals surface area contributed by atoms with Gasteiger partial charge in [-0.3, -0.25) is 9.59 Å². The monoisotopic (exact) mass is 380 g/mol. The van der Waals surface area contributed by atoms with Gasteiger partial charge in [0.1, 0.15) is 13.2 Å². The number of nitrogens with zero attached hydrogens (tertiary/aromatic N) is 1. The van der Waals surface area contributed by atoms with Crippen LogP contribution in [0.3, 0.4) is 0 Å². The highest BCUT2D eigenvalue weighted by molar-refractivity contribution is 6.03. The number of ether oxygens (including phenoxy) is 2. The van der Waals surface area contributed by atoms with Gasteiger partial charge >= 0.3 is 0 Å². The van der Waals surface area contributed by atoms with Crippen molar-refractivity contribution >= 4 is 23.2 Å². The van der Waals surface area contributed by atoms with Crippen LogP contribution in [-0.2, 0) is 9.59 Å². The second kappa shape index (κ2) is 7.54. The summed E-state index contributed by atoms with van der Waals surface area (Å²) in [6, 6.07) is 13.2. The van der Waals surface area contributed by atoms with E-state index in [2.05, 4.69) is 19.2 Å². The molecule has 0 unspecified atom stereocenters. The predicted molar refractivity (Wildman–Crippen MR) is 107 cm³/mol. The first kappa shape index (κ1) is 18.3. The Bertz CT molecular complexity index is 909. The van der Waals surface area contributed by atoms with Crippen molar-refractivity contribution in [2.75, 3.05) is 30.0 Å². The van der Waals surface area contributed by atoms with Crippen LogP contribution in [0, 0.1) is 5.92 Å². The number of anilines is 2. The molecule has 2 aromatic rings. The van der Waals surface area contributed by atoms with Crippen LogP contribution in [0.15, 0.2) is 42.5 Å². The number of amides is 2. The molecule has 4 rings (SSSR count). The fraction of sp³-hybridized carbons (Fsp3) is 0.364. The number of nitrogens with one attached hydrogen (secondary N) is 1. The van der Waals surface area contributed by atoms with Crippen LogP contribution in [0.25, 0.3) is 0 Å². The molecule has 28 heavy (non-hydrogen) atoms. The third-order valence-corrected chi connectivity index (χ3v) is 5.17. The summed E-state index contributed by atoms with van der Waals surface area (Å²) >= 11 is 0. The summed E-state index contributed by atoms with van der Waals surface area (Å²) in [5.41, 5.74) is 2.63. The van der Waals surface area contributed by atoms with Crippen molar-refractivity contribution in [3.05, 3.63) is 48.0 Å². The molecule has 2 amide bonds. The maximum absolute atomic E-state index is 12.8. The predicted octanol–water partition coefficient (Wildman–Crippen LogP) is 3.57. The Kier molecular flexibility index (Phi) is 4.94. The van der Waals surface area contributed by atoms with E-state index in [1.807, 2.05) is 36.4 Å². The standard InChI is InChI=1S/C22H24N2O4/c1-14(2)17-5-3-4-6-18(17)23-22(26)15-11-21(25)24(13-15)16-7-8-19-20(12-16)28-10-9-27-19/h3-8,12,14-15H,9-11,13H2,1-2H3,(H,23,26)/t15-/m1/s1. The zero-order valence-electron chi connectivity index (χ0n) is 16.1. The van der Waals surface area contributed by atoms with E-state index in [4.69, 9.17) is 9.47 Å². The number of rotatable bonds is 4. The Morgan fingerprint density at radius 1 is 1.11 bits per heavy atom. The second-order valence-electron chi connectivity index (χ2n) is 7.46. The molecule has 6 heteroatoms. The molecule has 0 radical (unpaired) electrons. The fourth-order valence-electron chi connectivity index (χ4n) is 3.68. The van der Waals surface area contributed by atoms with Crippen LogP contribution in [0.1, 0.15) is 31.7 Å². The van der Waals surface area contributed by atoms with Crippen LogP contribution < -0.4 is 19.7 Å². The summed E-state index contributed by atoms with van der Waals surface area (Å²) in [5, 5.41) is 3.01. The second-order valence-corrected chi connectivity index (χ2v) is 7.46. The molecule has 1 fully saturated rings. The normalized spacial score (nSPS) is 18.5. The van der Waals surface area contributed by atoms with Gasteiger partial charge in [0.25, 0.3) is 0 Å². The van der Waals surface area contributed by atoms with E-state index < -0.39 is 0 Å². The smallest absolute Gasteiger partial charge is 0.229 e. The van der Waals surface area contributed by atoms with Gasteiger partial charge in [-0.15, -0.1) is 0 Å². The lowest BCUT2D eigenvalue weighted by Crippen LogP contribution is -2.28. The number of hydrogen-bond acceptors (Lipinski definition) is 4. The molecule has 146 valence electrons. The van der Waals surface area contributed by atoms with Crippen LogP contribution in [-0.4, -0.2) is 31.6 Å². The molecular formula is C22H24N2O4. The molecule has 0 aliphatic carbocycles. The number of hydrogen-bond donors (Lipinski definition) is 1. The van der Waals surface area contributed by atoms with Crippen LogP contribution in [0.5, 0.6) is 11.5 Å². The highest BCUT2D eigenvalue weighted by atomic mass is 16.6. The minimum Gasteiger partial charge on any atom is -0.486 e. The fourth-order valence-corrected chi connectivity index (χ4v) is 3.68. The van der Waals surface area contributed by atoms with Crippen molar-refractivity contribution in [2.45, 2.75) is 26.2 Å². The van der Waals surface area contributed by atoms with E-state index in [1.165, 1.54) is 0 Å². The van der Waals surface area contributed by atoms with Crippen molar-refractivity contribution < 1.29 is 19.1 Å². The summed E-state index contributed by atoms with van der Waals surface area (Å²) in [7, 11) is 0. The summed E-state index contributed by atoms with van der Waals surface area (Å²) in [6.07, 6.45) is 0.199. The summed E-state index contributed by atoms with van der Waals surface area (Å²) in [6.45, 7) is 5.55. The molecule has 2 heterocycles. The average molecular weight is 380 g/mol. The number of para-hydroxylation sites is 1. The van der Waals surface area contributed by atoms with Gasteiger partial charge in [0.2, 0.25) is 11.8 Å². The Morgan fingerprint density at radius 3 is 2.64 bits per heavy atom. The minimum absolute atomic E-state index is 0.0611. The van der Waals surface area contributed by atoms with Crippen molar-refractivity contribution in [3.63, 3.8) is 0 Å². The third kappa shape index (κ3) is 3.54. The summed E-state index contributed by atoms with van der Waals surface area (Å²) in [5.74, 6) is 1.05. The lowest BCUT2D eigenvalue weighted by molar-refractivity contribution is -0.122. The van der Waals surface area contributed by atoms with Crippen molar-refractivity contribution in [3.8, 4) is 11.5 Å². The van der Waals surface area contributed by atoms with E-state index in [0.29, 0.717) is 37.2 Å². The summed E-state index contributed by atoms with van der Waals surface area (Å²) in [4.78, 5) is 27.0. The molecule has 2 aliphatic heterocycles. The lowest BCUT2D eigenvalue weighted by atomic mass is 10.0. The quantitative estimate of drug-likeness (QED) is 0.880. The average Bonchev–Trinajstić information content (AvgIpc) is 3.09. The van der Waals surface area contributed by atoms with Crippen LogP contribution >= 0.6 is 0 Å². The van der Waals surface area contributed by atoms with Gasteiger partial charge in [0.05, 0.1) is 5.92 Å². The van der Waals surface area contributed by atoms with Gasteiger partial charge in [-0.2, -0.15) is 0 Å². The maximum Gasteiger partial charge on any atom is 0.229 e. The molecule has 0 saturated carbocycles. The molecular weight excluding hydrogens is 356 g/mol. The van der Waals surface area contributed by atoms with Crippen molar-refractivity contribution in [1.82, 2.24) is 0 Å². The van der Waals surface area contributed by atoms with E-state index in [-0.39, 0.29) is 24.2 Å². The Morgan fingerprint density at radius 2 is 1.86 bits per heavy atom. The van der Waals surface area contributed by atoms with Gasteiger partial charge in [0.15, 0.2) is 11.5 Å². The van der Waals surface area contributed by atoms with Crippen LogP contribution in [0.2, 0.25) is 0 Å². The number of carbonyl (C=O) groups is 2. The first-order valence-electron chi connectivity index (χ1n) is 9.62. The van der Waals surface area contributed by atoms with Crippen molar-refractivity contribution in [2.24, 2.45) is 5.92 Å². The van der Waals surface area contributed by atoms with E-state index in [1.54, 1.807) is 11.0 Å². The number of benzene rings is 2.